The van der Waals surface area contributed by atoms with Crippen LogP contribution >= 0.6 is 0 Å². The lowest BCUT2D eigenvalue weighted by Crippen LogP contribution is -2.27. The van der Waals surface area contributed by atoms with E-state index in [-0.39, 0.29) is 24.0 Å². The standard InChI is InChI=1S/C18H17NO4/c1-21-14-9-7-12(8-10-14)17-16-15(11-22-18(16)20)23-19(17)13-5-3-2-4-6-13/h2-10,15-17H,11H2,1H3/t15-,16+,17+/m1/s1. The highest BCUT2D eigenvalue weighted by molar-refractivity contribution is 5.78. The third kappa shape index (κ3) is 2.33. The molecule has 2 saturated heterocycles. The monoisotopic (exact) mass is 311 g/mol. The van der Waals surface area contributed by atoms with E-state index in [1.54, 1.807) is 7.11 Å². The SMILES string of the molecule is COc1ccc([C@H]2[C@H]3C(=O)OC[C@H]3ON2c2ccccc2)cc1. The van der Waals surface area contributed by atoms with Gasteiger partial charge in [0.15, 0.2) is 0 Å². The second kappa shape index (κ2) is 5.59. The molecule has 0 saturated carbocycles. The molecule has 118 valence electrons. The normalized spacial score (nSPS) is 26.0. The Balaban J connectivity index is 1.75. The molecule has 4 rings (SSSR count). The van der Waals surface area contributed by atoms with Crippen LogP contribution in [-0.4, -0.2) is 25.8 Å². The number of anilines is 1. The van der Waals surface area contributed by atoms with E-state index in [2.05, 4.69) is 0 Å². The summed E-state index contributed by atoms with van der Waals surface area (Å²) < 4.78 is 10.4. The van der Waals surface area contributed by atoms with E-state index in [1.807, 2.05) is 59.7 Å². The van der Waals surface area contributed by atoms with E-state index in [0.29, 0.717) is 6.61 Å². The molecule has 0 amide bonds. The number of benzene rings is 2. The first-order valence-corrected chi connectivity index (χ1v) is 7.59. The van der Waals surface area contributed by atoms with E-state index >= 15 is 0 Å². The second-order valence-electron chi connectivity index (χ2n) is 5.68. The largest absolute Gasteiger partial charge is 0.497 e. The molecule has 2 aliphatic rings. The fourth-order valence-electron chi connectivity index (χ4n) is 3.24. The fraction of sp³-hybridized carbons (Fsp3) is 0.278. The third-order valence-electron chi connectivity index (χ3n) is 4.37. The van der Waals surface area contributed by atoms with Gasteiger partial charge in [0.25, 0.3) is 0 Å². The first-order chi connectivity index (χ1) is 11.3. The van der Waals surface area contributed by atoms with Crippen molar-refractivity contribution in [2.45, 2.75) is 12.1 Å². The summed E-state index contributed by atoms with van der Waals surface area (Å²) >= 11 is 0. The summed E-state index contributed by atoms with van der Waals surface area (Å²) in [6.45, 7) is 0.305. The third-order valence-corrected chi connectivity index (χ3v) is 4.37. The predicted molar refractivity (Wildman–Crippen MR) is 84.0 cm³/mol. The molecule has 3 atom stereocenters. The van der Waals surface area contributed by atoms with Gasteiger partial charge in [0, 0.05) is 0 Å². The molecule has 2 fully saturated rings. The molecular weight excluding hydrogens is 294 g/mol. The summed E-state index contributed by atoms with van der Waals surface area (Å²) in [6, 6.07) is 17.3. The highest BCUT2D eigenvalue weighted by atomic mass is 16.7. The van der Waals surface area contributed by atoms with Crippen LogP contribution in [0.15, 0.2) is 54.6 Å². The number of nitrogens with zero attached hydrogens (tertiary/aromatic N) is 1. The van der Waals surface area contributed by atoms with Gasteiger partial charge in [0.1, 0.15) is 24.4 Å². The van der Waals surface area contributed by atoms with Crippen LogP contribution in [0.4, 0.5) is 5.69 Å². The zero-order chi connectivity index (χ0) is 15.8. The number of carbonyl (C=O) groups is 1. The number of methoxy groups -OCH3 is 1. The zero-order valence-corrected chi connectivity index (χ0v) is 12.7. The fourth-order valence-corrected chi connectivity index (χ4v) is 3.24. The molecule has 0 spiro atoms. The van der Waals surface area contributed by atoms with E-state index in [4.69, 9.17) is 14.3 Å². The molecule has 2 heterocycles. The maximum atomic E-state index is 12.2. The maximum Gasteiger partial charge on any atom is 0.314 e. The number of carbonyl (C=O) groups excluding carboxylic acids is 1. The number of ether oxygens (including phenoxy) is 2. The Bertz CT molecular complexity index is 701. The number of cyclic esters (lactones) is 1. The Morgan fingerprint density at radius 1 is 1.09 bits per heavy atom. The highest BCUT2D eigenvalue weighted by Crippen LogP contribution is 2.45. The lowest BCUT2D eigenvalue weighted by molar-refractivity contribution is -0.141. The first-order valence-electron chi connectivity index (χ1n) is 7.59. The van der Waals surface area contributed by atoms with Gasteiger partial charge in [-0.2, -0.15) is 0 Å². The van der Waals surface area contributed by atoms with E-state index in [1.165, 1.54) is 0 Å². The summed E-state index contributed by atoms with van der Waals surface area (Å²) in [5, 5.41) is 1.83. The van der Waals surface area contributed by atoms with Crippen LogP contribution in [0.1, 0.15) is 11.6 Å². The summed E-state index contributed by atoms with van der Waals surface area (Å²) in [6.07, 6.45) is -0.241. The molecule has 0 bridgehead atoms. The average molecular weight is 311 g/mol. The van der Waals surface area contributed by atoms with Gasteiger partial charge in [-0.15, -0.1) is 0 Å². The zero-order valence-electron chi connectivity index (χ0n) is 12.7. The second-order valence-corrected chi connectivity index (χ2v) is 5.68. The minimum atomic E-state index is -0.316. The Hall–Kier alpha value is -2.53. The molecular formula is C18H17NO4. The van der Waals surface area contributed by atoms with E-state index < -0.39 is 0 Å². The van der Waals surface area contributed by atoms with Gasteiger partial charge >= 0.3 is 5.97 Å². The van der Waals surface area contributed by atoms with E-state index in [9.17, 15) is 4.79 Å². The van der Waals surface area contributed by atoms with Crippen LogP contribution in [0.2, 0.25) is 0 Å². The van der Waals surface area contributed by atoms with Crippen LogP contribution in [0.25, 0.3) is 0 Å². The number of hydrogen-bond donors (Lipinski definition) is 0. The van der Waals surface area contributed by atoms with Crippen molar-refractivity contribution in [3.05, 3.63) is 60.2 Å². The minimum Gasteiger partial charge on any atom is -0.497 e. The summed E-state index contributed by atoms with van der Waals surface area (Å²) in [5.74, 6) is 0.266. The number of hydroxylamine groups is 1. The molecule has 0 unspecified atom stereocenters. The lowest BCUT2D eigenvalue weighted by atomic mass is 9.91. The molecule has 2 aromatic carbocycles. The van der Waals surface area contributed by atoms with Crippen molar-refractivity contribution >= 4 is 11.7 Å². The summed E-state index contributed by atoms with van der Waals surface area (Å²) in [7, 11) is 1.63. The number of esters is 1. The van der Waals surface area contributed by atoms with E-state index in [0.717, 1.165) is 17.0 Å². The molecule has 0 aliphatic carbocycles. The van der Waals surface area contributed by atoms with Crippen molar-refractivity contribution in [1.82, 2.24) is 0 Å². The molecule has 2 aromatic rings. The molecule has 5 heteroatoms. The van der Waals surface area contributed by atoms with Crippen LogP contribution in [0.5, 0.6) is 5.75 Å². The Morgan fingerprint density at radius 3 is 2.52 bits per heavy atom. The summed E-state index contributed by atoms with van der Waals surface area (Å²) in [4.78, 5) is 18.2. The van der Waals surface area contributed by atoms with Crippen LogP contribution in [0.3, 0.4) is 0 Å². The average Bonchev–Trinajstić information content (AvgIpc) is 3.16. The molecule has 2 aliphatic heterocycles. The molecule has 0 aromatic heterocycles. The van der Waals surface area contributed by atoms with Crippen LogP contribution < -0.4 is 9.80 Å². The molecule has 0 N–H and O–H groups in total. The van der Waals surface area contributed by atoms with Crippen molar-refractivity contribution < 1.29 is 19.1 Å². The smallest absolute Gasteiger partial charge is 0.314 e. The van der Waals surface area contributed by atoms with Crippen molar-refractivity contribution in [2.75, 3.05) is 18.8 Å². The van der Waals surface area contributed by atoms with Crippen LogP contribution in [0, 0.1) is 5.92 Å². The van der Waals surface area contributed by atoms with Gasteiger partial charge in [0.05, 0.1) is 18.8 Å². The van der Waals surface area contributed by atoms with Gasteiger partial charge in [-0.25, -0.2) is 5.06 Å². The lowest BCUT2D eigenvalue weighted by Gasteiger charge is -2.27. The number of para-hydroxylation sites is 1. The highest BCUT2D eigenvalue weighted by Gasteiger charge is 2.53. The van der Waals surface area contributed by atoms with Gasteiger partial charge in [0.2, 0.25) is 0 Å². The van der Waals surface area contributed by atoms with Gasteiger partial charge in [-0.05, 0) is 29.8 Å². The Labute approximate surface area is 134 Å². The topological polar surface area (TPSA) is 48.0 Å². The van der Waals surface area contributed by atoms with Crippen LogP contribution in [-0.2, 0) is 14.4 Å². The number of rotatable bonds is 3. The minimum absolute atomic E-state index is 0.200. The van der Waals surface area contributed by atoms with Crippen molar-refractivity contribution in [1.29, 1.82) is 0 Å². The summed E-state index contributed by atoms with van der Waals surface area (Å²) in [5.41, 5.74) is 1.93. The van der Waals surface area contributed by atoms with Crippen molar-refractivity contribution in [2.24, 2.45) is 5.92 Å². The molecule has 5 nitrogen and oxygen atoms in total. The molecule has 23 heavy (non-hydrogen) atoms. The Kier molecular flexibility index (Phi) is 3.42. The predicted octanol–water partition coefficient (Wildman–Crippen LogP) is 2.73. The van der Waals surface area contributed by atoms with Gasteiger partial charge in [-0.1, -0.05) is 30.3 Å². The number of fused-ring (bicyclic) bond motifs is 1. The van der Waals surface area contributed by atoms with Gasteiger partial charge in [-0.3, -0.25) is 9.63 Å². The maximum absolute atomic E-state index is 12.2. The quantitative estimate of drug-likeness (QED) is 0.816. The van der Waals surface area contributed by atoms with Gasteiger partial charge < -0.3 is 9.47 Å². The Morgan fingerprint density at radius 2 is 1.83 bits per heavy atom. The van der Waals surface area contributed by atoms with Crippen molar-refractivity contribution in [3.63, 3.8) is 0 Å². The van der Waals surface area contributed by atoms with Crippen molar-refractivity contribution in [3.8, 4) is 5.75 Å². The number of hydrogen-bond acceptors (Lipinski definition) is 5. The molecule has 0 radical (unpaired) electrons. The first kappa shape index (κ1) is 14.1.